The number of nitrogens with zero attached hydrogens (tertiary/aromatic N) is 1. The summed E-state index contributed by atoms with van der Waals surface area (Å²) in [6.07, 6.45) is 1.87. The lowest BCUT2D eigenvalue weighted by molar-refractivity contribution is -0.384. The van der Waals surface area contributed by atoms with Gasteiger partial charge in [0.05, 0.1) is 17.1 Å². The molecule has 0 radical (unpaired) electrons. The Bertz CT molecular complexity index is 447. The maximum Gasteiger partial charge on any atom is 0.295 e. The van der Waals surface area contributed by atoms with Crippen LogP contribution in [0.25, 0.3) is 0 Å². The molecule has 1 aliphatic carbocycles. The highest BCUT2D eigenvalue weighted by Crippen LogP contribution is 2.31. The Kier molecular flexibility index (Phi) is 3.76. The van der Waals surface area contributed by atoms with E-state index in [4.69, 9.17) is 4.74 Å². The summed E-state index contributed by atoms with van der Waals surface area (Å²) >= 11 is 0. The van der Waals surface area contributed by atoms with E-state index in [2.05, 4.69) is 5.32 Å². The summed E-state index contributed by atoms with van der Waals surface area (Å²) in [5, 5.41) is 13.9. The predicted octanol–water partition coefficient (Wildman–Crippen LogP) is 2.71. The van der Waals surface area contributed by atoms with Gasteiger partial charge >= 0.3 is 0 Å². The molecule has 1 aromatic carbocycles. The van der Waals surface area contributed by atoms with Crippen molar-refractivity contribution in [1.29, 1.82) is 0 Å². The fourth-order valence-corrected chi connectivity index (χ4v) is 2.05. The first-order valence-electron chi connectivity index (χ1n) is 5.92. The van der Waals surface area contributed by atoms with Crippen molar-refractivity contribution in [2.75, 3.05) is 11.9 Å². The molecule has 0 atom stereocenters. The minimum Gasteiger partial charge on any atom is -0.378 e. The third kappa shape index (κ3) is 2.76. The van der Waals surface area contributed by atoms with Gasteiger partial charge in [-0.25, -0.2) is 4.39 Å². The Balaban J connectivity index is 2.00. The van der Waals surface area contributed by atoms with E-state index >= 15 is 0 Å². The SMILES string of the molecule is CCOC1CC(Nc2ccc(F)cc2[N+](=O)[O-])C1. The van der Waals surface area contributed by atoms with Crippen LogP contribution in [0.3, 0.4) is 0 Å². The van der Waals surface area contributed by atoms with Crippen molar-refractivity contribution in [2.45, 2.75) is 31.9 Å². The molecule has 6 heteroatoms. The van der Waals surface area contributed by atoms with Crippen molar-refractivity contribution < 1.29 is 14.1 Å². The minimum atomic E-state index is -0.604. The Morgan fingerprint density at radius 3 is 2.89 bits per heavy atom. The maximum atomic E-state index is 13.0. The molecule has 0 aromatic heterocycles. The number of halogens is 1. The quantitative estimate of drug-likeness (QED) is 0.648. The number of hydrogen-bond donors (Lipinski definition) is 1. The smallest absolute Gasteiger partial charge is 0.295 e. The Morgan fingerprint density at radius 1 is 1.56 bits per heavy atom. The molecule has 0 aliphatic heterocycles. The van der Waals surface area contributed by atoms with Gasteiger partial charge in [-0.05, 0) is 31.9 Å². The fourth-order valence-electron chi connectivity index (χ4n) is 2.05. The first-order valence-corrected chi connectivity index (χ1v) is 5.92. The molecule has 2 rings (SSSR count). The first-order chi connectivity index (χ1) is 8.60. The monoisotopic (exact) mass is 254 g/mol. The number of nitrogens with one attached hydrogen (secondary N) is 1. The molecular weight excluding hydrogens is 239 g/mol. The van der Waals surface area contributed by atoms with E-state index in [0.29, 0.717) is 12.3 Å². The lowest BCUT2D eigenvalue weighted by atomic mass is 9.89. The molecule has 5 nitrogen and oxygen atoms in total. The molecule has 0 spiro atoms. The normalized spacial score (nSPS) is 22.3. The Labute approximate surface area is 104 Å². The number of hydrogen-bond acceptors (Lipinski definition) is 4. The zero-order valence-electron chi connectivity index (χ0n) is 10.1. The molecule has 1 aliphatic rings. The summed E-state index contributed by atoms with van der Waals surface area (Å²) in [6, 6.07) is 3.71. The van der Waals surface area contributed by atoms with E-state index in [1.807, 2.05) is 6.92 Å². The zero-order valence-corrected chi connectivity index (χ0v) is 10.1. The van der Waals surface area contributed by atoms with Crippen LogP contribution in [0, 0.1) is 15.9 Å². The van der Waals surface area contributed by atoms with Gasteiger partial charge in [-0.15, -0.1) is 0 Å². The van der Waals surface area contributed by atoms with Crippen molar-refractivity contribution in [3.05, 3.63) is 34.1 Å². The minimum absolute atomic E-state index is 0.158. The van der Waals surface area contributed by atoms with Gasteiger partial charge in [-0.1, -0.05) is 0 Å². The first kappa shape index (κ1) is 12.8. The summed E-state index contributed by atoms with van der Waals surface area (Å²) in [4.78, 5) is 10.2. The molecule has 1 fully saturated rings. The molecule has 0 unspecified atom stereocenters. The van der Waals surface area contributed by atoms with E-state index < -0.39 is 10.7 Å². The van der Waals surface area contributed by atoms with Crippen LogP contribution in [0.4, 0.5) is 15.8 Å². The molecule has 1 N–H and O–H groups in total. The fraction of sp³-hybridized carbons (Fsp3) is 0.500. The largest absolute Gasteiger partial charge is 0.378 e. The van der Waals surface area contributed by atoms with E-state index in [-0.39, 0.29) is 17.8 Å². The van der Waals surface area contributed by atoms with Crippen LogP contribution >= 0.6 is 0 Å². The standard InChI is InChI=1S/C12H15FN2O3/c1-2-18-10-6-9(7-10)14-11-4-3-8(13)5-12(11)15(16)17/h3-5,9-10,14H,2,6-7H2,1H3. The van der Waals surface area contributed by atoms with E-state index in [9.17, 15) is 14.5 Å². The van der Waals surface area contributed by atoms with Gasteiger partial charge in [-0.2, -0.15) is 0 Å². The molecule has 0 bridgehead atoms. The molecule has 1 saturated carbocycles. The van der Waals surface area contributed by atoms with Crippen LogP contribution in [0.15, 0.2) is 18.2 Å². The number of rotatable bonds is 5. The summed E-state index contributed by atoms with van der Waals surface area (Å²) in [7, 11) is 0. The zero-order chi connectivity index (χ0) is 13.1. The second-order valence-electron chi connectivity index (χ2n) is 4.31. The molecule has 0 saturated heterocycles. The molecule has 18 heavy (non-hydrogen) atoms. The third-order valence-corrected chi connectivity index (χ3v) is 3.01. The van der Waals surface area contributed by atoms with E-state index in [1.165, 1.54) is 12.1 Å². The molecule has 0 amide bonds. The van der Waals surface area contributed by atoms with Crippen molar-refractivity contribution in [2.24, 2.45) is 0 Å². The maximum absolute atomic E-state index is 13.0. The third-order valence-electron chi connectivity index (χ3n) is 3.01. The second kappa shape index (κ2) is 5.30. The molecular formula is C12H15FN2O3. The van der Waals surface area contributed by atoms with Crippen LogP contribution in [0.2, 0.25) is 0 Å². The Hall–Kier alpha value is -1.69. The van der Waals surface area contributed by atoms with Gasteiger partial charge in [0.15, 0.2) is 0 Å². The van der Waals surface area contributed by atoms with Crippen LogP contribution < -0.4 is 5.32 Å². The lowest BCUT2D eigenvalue weighted by Gasteiger charge is -2.35. The second-order valence-corrected chi connectivity index (χ2v) is 4.31. The van der Waals surface area contributed by atoms with Crippen molar-refractivity contribution >= 4 is 11.4 Å². The van der Waals surface area contributed by atoms with Crippen LogP contribution in [0.1, 0.15) is 19.8 Å². The van der Waals surface area contributed by atoms with Gasteiger partial charge in [-0.3, -0.25) is 10.1 Å². The van der Waals surface area contributed by atoms with Gasteiger partial charge in [0.1, 0.15) is 11.5 Å². The average molecular weight is 254 g/mol. The number of benzene rings is 1. The van der Waals surface area contributed by atoms with Crippen molar-refractivity contribution in [1.82, 2.24) is 0 Å². The predicted molar refractivity (Wildman–Crippen MR) is 65.1 cm³/mol. The van der Waals surface area contributed by atoms with Gasteiger partial charge in [0.25, 0.3) is 5.69 Å². The summed E-state index contributed by atoms with van der Waals surface area (Å²) in [6.45, 7) is 2.61. The molecule has 1 aromatic rings. The topological polar surface area (TPSA) is 64.4 Å². The van der Waals surface area contributed by atoms with E-state index in [0.717, 1.165) is 18.9 Å². The average Bonchev–Trinajstić information content (AvgIpc) is 2.28. The van der Waals surface area contributed by atoms with Crippen molar-refractivity contribution in [3.63, 3.8) is 0 Å². The number of nitro benzene ring substituents is 1. The van der Waals surface area contributed by atoms with Crippen LogP contribution in [0.5, 0.6) is 0 Å². The highest BCUT2D eigenvalue weighted by molar-refractivity contribution is 5.62. The van der Waals surface area contributed by atoms with Crippen LogP contribution in [-0.2, 0) is 4.74 Å². The molecule has 0 heterocycles. The highest BCUT2D eigenvalue weighted by Gasteiger charge is 2.30. The highest BCUT2D eigenvalue weighted by atomic mass is 19.1. The van der Waals surface area contributed by atoms with Gasteiger partial charge in [0, 0.05) is 12.6 Å². The van der Waals surface area contributed by atoms with Gasteiger partial charge < -0.3 is 10.1 Å². The number of anilines is 1. The molecule has 98 valence electrons. The summed E-state index contributed by atoms with van der Waals surface area (Å²) in [5.41, 5.74) is 0.135. The van der Waals surface area contributed by atoms with Crippen molar-refractivity contribution in [3.8, 4) is 0 Å². The van der Waals surface area contributed by atoms with E-state index in [1.54, 1.807) is 0 Å². The summed E-state index contributed by atoms with van der Waals surface area (Å²) < 4.78 is 18.4. The number of ether oxygens (including phenoxy) is 1. The van der Waals surface area contributed by atoms with Crippen LogP contribution in [-0.4, -0.2) is 23.7 Å². The summed E-state index contributed by atoms with van der Waals surface area (Å²) in [5.74, 6) is -0.604. The van der Waals surface area contributed by atoms with Gasteiger partial charge in [0.2, 0.25) is 0 Å². The Morgan fingerprint density at radius 2 is 2.28 bits per heavy atom. The number of nitro groups is 1. The lowest BCUT2D eigenvalue weighted by Crippen LogP contribution is -2.40.